The van der Waals surface area contributed by atoms with Crippen molar-refractivity contribution in [3.63, 3.8) is 0 Å². The number of carbonyl (C=O) groups is 2. The summed E-state index contributed by atoms with van der Waals surface area (Å²) < 4.78 is 5.31. The summed E-state index contributed by atoms with van der Waals surface area (Å²) in [4.78, 5) is 24.8. The number of piperidine rings is 1. The highest BCUT2D eigenvalue weighted by molar-refractivity contribution is 5.68. The molecule has 0 aliphatic carbocycles. The van der Waals surface area contributed by atoms with E-state index in [4.69, 9.17) is 9.84 Å². The third kappa shape index (κ3) is 7.11. The van der Waals surface area contributed by atoms with Gasteiger partial charge >= 0.3 is 12.1 Å². The quantitative estimate of drug-likeness (QED) is 0.814. The number of aliphatic carboxylic acids is 1. The Hall–Kier alpha value is -1.30. The van der Waals surface area contributed by atoms with Crippen molar-refractivity contribution in [1.29, 1.82) is 0 Å². The molecule has 0 aromatic carbocycles. The van der Waals surface area contributed by atoms with Crippen LogP contribution in [0.4, 0.5) is 4.79 Å². The molecule has 0 bridgehead atoms. The van der Waals surface area contributed by atoms with Crippen molar-refractivity contribution in [2.24, 2.45) is 11.8 Å². The topological polar surface area (TPSA) is 78.9 Å². The normalized spacial score (nSPS) is 23.4. The van der Waals surface area contributed by atoms with Gasteiger partial charge in [-0.25, -0.2) is 4.79 Å². The van der Waals surface area contributed by atoms with Gasteiger partial charge in [0.2, 0.25) is 0 Å². The summed E-state index contributed by atoms with van der Waals surface area (Å²) >= 11 is 0. The highest BCUT2D eigenvalue weighted by atomic mass is 16.6. The second-order valence-electron chi connectivity index (χ2n) is 7.49. The summed E-state index contributed by atoms with van der Waals surface area (Å²) in [5.41, 5.74) is -0.515. The third-order valence-corrected chi connectivity index (χ3v) is 3.86. The molecule has 0 aromatic rings. The second kappa shape index (κ2) is 7.81. The molecule has 1 heterocycles. The van der Waals surface area contributed by atoms with Crippen LogP contribution < -0.4 is 5.32 Å². The van der Waals surface area contributed by atoms with Gasteiger partial charge in [-0.3, -0.25) is 4.79 Å². The molecule has 2 atom stereocenters. The average Bonchev–Trinajstić information content (AvgIpc) is 2.33. The maximum absolute atomic E-state index is 11.9. The summed E-state index contributed by atoms with van der Waals surface area (Å²) in [6.07, 6.45) is 0.630. The number of alkyl carbamates (subject to hydrolysis) is 1. The van der Waals surface area contributed by atoms with Gasteiger partial charge in [0.1, 0.15) is 5.60 Å². The number of nitrogens with one attached hydrogen (secondary N) is 1. The van der Waals surface area contributed by atoms with E-state index in [1.165, 1.54) is 0 Å². The lowest BCUT2D eigenvalue weighted by Crippen LogP contribution is -2.52. The van der Waals surface area contributed by atoms with Gasteiger partial charge in [0.25, 0.3) is 0 Å². The minimum absolute atomic E-state index is 0.00444. The largest absolute Gasteiger partial charge is 0.481 e. The van der Waals surface area contributed by atoms with Crippen molar-refractivity contribution in [3.8, 4) is 0 Å². The Bertz CT molecular complexity index is 390. The summed E-state index contributed by atoms with van der Waals surface area (Å²) in [5, 5.41) is 11.8. The van der Waals surface area contributed by atoms with Gasteiger partial charge in [-0.1, -0.05) is 13.8 Å². The van der Waals surface area contributed by atoms with Crippen LogP contribution in [0.25, 0.3) is 0 Å². The number of carboxylic acids is 1. The van der Waals surface area contributed by atoms with E-state index in [-0.39, 0.29) is 12.5 Å². The van der Waals surface area contributed by atoms with Crippen molar-refractivity contribution in [2.45, 2.75) is 59.1 Å². The van der Waals surface area contributed by atoms with Crippen molar-refractivity contribution < 1.29 is 19.4 Å². The molecular weight excluding hydrogens is 284 g/mol. The number of carboxylic acid groups (broad SMARTS) is 1. The molecule has 0 radical (unpaired) electrons. The highest BCUT2D eigenvalue weighted by Gasteiger charge is 2.31. The van der Waals surface area contributed by atoms with E-state index in [0.717, 1.165) is 13.0 Å². The first-order valence-electron chi connectivity index (χ1n) is 8.00. The fourth-order valence-corrected chi connectivity index (χ4v) is 2.73. The van der Waals surface area contributed by atoms with E-state index in [1.807, 2.05) is 20.8 Å². The van der Waals surface area contributed by atoms with Crippen LogP contribution in [-0.2, 0) is 9.53 Å². The fourth-order valence-electron chi connectivity index (χ4n) is 2.73. The number of amides is 1. The molecule has 128 valence electrons. The Morgan fingerprint density at radius 2 is 1.95 bits per heavy atom. The summed E-state index contributed by atoms with van der Waals surface area (Å²) in [5.74, 6) is 0.154. The first kappa shape index (κ1) is 18.7. The number of hydrogen-bond donors (Lipinski definition) is 2. The SMILES string of the molecule is CC(C)C1CC(NC(=O)OC(C)(C)C)CN(CCC(=O)O)C1. The minimum atomic E-state index is -0.789. The minimum Gasteiger partial charge on any atom is -0.481 e. The molecule has 22 heavy (non-hydrogen) atoms. The monoisotopic (exact) mass is 314 g/mol. The molecule has 0 aromatic heterocycles. The number of carbonyl (C=O) groups excluding carboxylic acids is 1. The van der Waals surface area contributed by atoms with Gasteiger partial charge < -0.3 is 20.1 Å². The first-order valence-corrected chi connectivity index (χ1v) is 8.00. The smallest absolute Gasteiger partial charge is 0.407 e. The van der Waals surface area contributed by atoms with Crippen molar-refractivity contribution in [1.82, 2.24) is 10.2 Å². The Kier molecular flexibility index (Phi) is 6.66. The highest BCUT2D eigenvalue weighted by Crippen LogP contribution is 2.24. The van der Waals surface area contributed by atoms with Crippen LogP contribution in [0.2, 0.25) is 0 Å². The zero-order valence-corrected chi connectivity index (χ0v) is 14.4. The van der Waals surface area contributed by atoms with E-state index in [0.29, 0.717) is 24.9 Å². The van der Waals surface area contributed by atoms with Gasteiger partial charge in [0.05, 0.1) is 6.42 Å². The lowest BCUT2D eigenvalue weighted by Gasteiger charge is -2.39. The molecule has 1 aliphatic heterocycles. The van der Waals surface area contributed by atoms with E-state index in [2.05, 4.69) is 24.1 Å². The van der Waals surface area contributed by atoms with Crippen LogP contribution in [0.3, 0.4) is 0 Å². The zero-order chi connectivity index (χ0) is 16.9. The number of rotatable bonds is 5. The maximum atomic E-state index is 11.9. The Morgan fingerprint density at radius 3 is 2.45 bits per heavy atom. The number of likely N-dealkylation sites (tertiary alicyclic amines) is 1. The number of hydrogen-bond acceptors (Lipinski definition) is 4. The lowest BCUT2D eigenvalue weighted by molar-refractivity contribution is -0.137. The molecule has 1 amide bonds. The molecule has 2 unspecified atom stereocenters. The molecular formula is C16H30N2O4. The van der Waals surface area contributed by atoms with Gasteiger partial charge in [-0.05, 0) is 39.0 Å². The van der Waals surface area contributed by atoms with Crippen molar-refractivity contribution in [2.75, 3.05) is 19.6 Å². The summed E-state index contributed by atoms with van der Waals surface area (Å²) in [7, 11) is 0. The molecule has 1 saturated heterocycles. The molecule has 1 fully saturated rings. The van der Waals surface area contributed by atoms with Crippen LogP contribution in [0, 0.1) is 11.8 Å². The molecule has 1 aliphatic rings. The predicted molar refractivity (Wildman–Crippen MR) is 84.8 cm³/mol. The van der Waals surface area contributed by atoms with Gasteiger partial charge in [-0.15, -0.1) is 0 Å². The van der Waals surface area contributed by atoms with Gasteiger partial charge in [0.15, 0.2) is 0 Å². The van der Waals surface area contributed by atoms with Crippen LogP contribution in [0.15, 0.2) is 0 Å². The van der Waals surface area contributed by atoms with Gasteiger partial charge in [-0.2, -0.15) is 0 Å². The van der Waals surface area contributed by atoms with E-state index >= 15 is 0 Å². The van der Waals surface area contributed by atoms with E-state index in [9.17, 15) is 9.59 Å². The van der Waals surface area contributed by atoms with Crippen LogP contribution in [0.5, 0.6) is 0 Å². The molecule has 0 spiro atoms. The zero-order valence-electron chi connectivity index (χ0n) is 14.4. The molecule has 6 heteroatoms. The molecule has 1 rings (SSSR count). The summed E-state index contributed by atoms with van der Waals surface area (Å²) in [6, 6.07) is 0.00444. The predicted octanol–water partition coefficient (Wildman–Crippen LogP) is 2.33. The van der Waals surface area contributed by atoms with Crippen LogP contribution in [-0.4, -0.2) is 53.3 Å². The number of nitrogens with zero attached hydrogens (tertiary/aromatic N) is 1. The van der Waals surface area contributed by atoms with Crippen molar-refractivity contribution in [3.05, 3.63) is 0 Å². The summed E-state index contributed by atoms with van der Waals surface area (Å²) in [6.45, 7) is 11.9. The Balaban J connectivity index is 2.60. The van der Waals surface area contributed by atoms with Crippen molar-refractivity contribution >= 4 is 12.1 Å². The lowest BCUT2D eigenvalue weighted by atomic mass is 9.85. The first-order chi connectivity index (χ1) is 10.1. The van der Waals surface area contributed by atoms with Crippen LogP contribution in [0.1, 0.15) is 47.5 Å². The molecule has 2 N–H and O–H groups in total. The molecule has 6 nitrogen and oxygen atoms in total. The molecule has 0 saturated carbocycles. The number of ether oxygens (including phenoxy) is 1. The Morgan fingerprint density at radius 1 is 1.32 bits per heavy atom. The third-order valence-electron chi connectivity index (χ3n) is 3.86. The average molecular weight is 314 g/mol. The maximum Gasteiger partial charge on any atom is 0.407 e. The van der Waals surface area contributed by atoms with E-state index < -0.39 is 17.7 Å². The van der Waals surface area contributed by atoms with Gasteiger partial charge in [0, 0.05) is 25.7 Å². The Labute approximate surface area is 133 Å². The fraction of sp³-hybridized carbons (Fsp3) is 0.875. The second-order valence-corrected chi connectivity index (χ2v) is 7.49. The van der Waals surface area contributed by atoms with E-state index in [1.54, 1.807) is 0 Å². The standard InChI is InChI=1S/C16H30N2O4/c1-11(2)12-8-13(17-15(21)22-16(3,4)5)10-18(9-12)7-6-14(19)20/h11-13H,6-10H2,1-5H3,(H,17,21)(H,19,20). The van der Waals surface area contributed by atoms with Crippen LogP contribution >= 0.6 is 0 Å².